The van der Waals surface area contributed by atoms with E-state index in [0.29, 0.717) is 6.61 Å². The number of aliphatic hydroxyl groups is 1. The maximum Gasteiger partial charge on any atom is 0.166 e. The highest BCUT2D eigenvalue weighted by Gasteiger charge is 2.76. The molecule has 0 radical (unpaired) electrons. The van der Waals surface area contributed by atoms with Crippen molar-refractivity contribution in [1.82, 2.24) is 0 Å². The van der Waals surface area contributed by atoms with Gasteiger partial charge in [-0.2, -0.15) is 0 Å². The average Bonchev–Trinajstić information content (AvgIpc) is 3.58. The summed E-state index contributed by atoms with van der Waals surface area (Å²) in [4.78, 5) is 0. The summed E-state index contributed by atoms with van der Waals surface area (Å²) in [6.07, 6.45) is 6.00. The van der Waals surface area contributed by atoms with Gasteiger partial charge in [-0.15, -0.1) is 0 Å². The molecule has 6 atom stereocenters. The zero-order valence-corrected chi connectivity index (χ0v) is 20.3. The van der Waals surface area contributed by atoms with Crippen LogP contribution in [0.3, 0.4) is 0 Å². The molecule has 7 rings (SSSR count). The van der Waals surface area contributed by atoms with Crippen molar-refractivity contribution in [2.45, 2.75) is 74.4 Å². The molecule has 2 bridgehead atoms. The number of benzene rings is 2. The molecule has 34 heavy (non-hydrogen) atoms. The largest absolute Gasteiger partial charge is 0.485 e. The van der Waals surface area contributed by atoms with E-state index < -0.39 is 11.0 Å². The molecular formula is C29H36NO4+. The minimum atomic E-state index is -0.773. The summed E-state index contributed by atoms with van der Waals surface area (Å²) in [5.74, 6) is 2.49. The van der Waals surface area contributed by atoms with Gasteiger partial charge in [0.2, 0.25) is 0 Å². The van der Waals surface area contributed by atoms with Crippen LogP contribution in [0.25, 0.3) is 0 Å². The normalized spacial score (nSPS) is 39.3. The second-order valence-corrected chi connectivity index (χ2v) is 11.7. The monoisotopic (exact) mass is 462 g/mol. The first kappa shape index (κ1) is 21.2. The van der Waals surface area contributed by atoms with Gasteiger partial charge in [-0.05, 0) is 42.9 Å². The summed E-state index contributed by atoms with van der Waals surface area (Å²) in [7, 11) is 4.20. The van der Waals surface area contributed by atoms with Crippen molar-refractivity contribution in [3.05, 3.63) is 59.2 Å². The molecule has 5 aliphatic rings. The molecule has 2 aromatic carbocycles. The second kappa shape index (κ2) is 7.22. The quantitative estimate of drug-likeness (QED) is 0.660. The number of hydrogen-bond acceptors (Lipinski definition) is 4. The topological polar surface area (TPSA) is 47.9 Å². The van der Waals surface area contributed by atoms with Gasteiger partial charge in [-0.3, -0.25) is 0 Å². The van der Waals surface area contributed by atoms with Gasteiger partial charge >= 0.3 is 0 Å². The number of quaternary nitrogens is 1. The van der Waals surface area contributed by atoms with Crippen molar-refractivity contribution in [3.8, 4) is 11.5 Å². The van der Waals surface area contributed by atoms with Crippen molar-refractivity contribution < 1.29 is 23.8 Å². The summed E-state index contributed by atoms with van der Waals surface area (Å²) in [5, 5.41) is 12.7. The van der Waals surface area contributed by atoms with Gasteiger partial charge in [0.1, 0.15) is 24.4 Å². The molecule has 0 amide bonds. The van der Waals surface area contributed by atoms with E-state index in [4.69, 9.17) is 14.2 Å². The number of piperidine rings is 1. The predicted molar refractivity (Wildman–Crippen MR) is 129 cm³/mol. The third kappa shape index (κ3) is 2.72. The van der Waals surface area contributed by atoms with Crippen LogP contribution in [0.2, 0.25) is 0 Å². The van der Waals surface area contributed by atoms with Gasteiger partial charge in [0.15, 0.2) is 11.5 Å². The first-order valence-corrected chi connectivity index (χ1v) is 13.1. The summed E-state index contributed by atoms with van der Waals surface area (Å²) in [5.41, 5.74) is 2.52. The van der Waals surface area contributed by atoms with Gasteiger partial charge < -0.3 is 23.8 Å². The Hall–Kier alpha value is -2.08. The molecule has 2 aromatic rings. The standard InChI is InChI=1S/C29H36NO4/c1-30(17-19-8-9-19)15-14-28-25-21-10-11-22(33-18-20-6-4-3-5-7-20)26(25)34-27(28)23(32-2)12-13-29(28,31)24(30)16-21/h3-7,10-11,19,23-24,27,31H,8-9,12-18H2,1-2H3/q+1/t23-,24+,27-,28-,29+,30?/m0/s1. The van der Waals surface area contributed by atoms with E-state index in [-0.39, 0.29) is 18.2 Å². The Morgan fingerprint density at radius 1 is 1.09 bits per heavy atom. The highest BCUT2D eigenvalue weighted by atomic mass is 16.6. The molecule has 1 spiro atoms. The fraction of sp³-hybridized carbons (Fsp3) is 0.586. The van der Waals surface area contributed by atoms with Gasteiger partial charge in [0, 0.05) is 31.4 Å². The minimum absolute atomic E-state index is 0.0125. The van der Waals surface area contributed by atoms with E-state index in [2.05, 4.69) is 31.3 Å². The van der Waals surface area contributed by atoms with Crippen molar-refractivity contribution >= 4 is 0 Å². The third-order valence-electron chi connectivity index (χ3n) is 9.95. The smallest absolute Gasteiger partial charge is 0.166 e. The number of likely N-dealkylation sites (N-methyl/N-ethyl adjacent to an activating group) is 1. The molecule has 1 N–H and O–H groups in total. The fourth-order valence-electron chi connectivity index (χ4n) is 8.19. The number of methoxy groups -OCH3 is 1. The summed E-state index contributed by atoms with van der Waals surface area (Å²) in [6, 6.07) is 14.8. The van der Waals surface area contributed by atoms with Crippen LogP contribution in [-0.2, 0) is 23.2 Å². The van der Waals surface area contributed by atoms with E-state index in [1.54, 1.807) is 7.11 Å². The number of nitrogens with zero attached hydrogens (tertiary/aromatic N) is 1. The maximum atomic E-state index is 12.7. The summed E-state index contributed by atoms with van der Waals surface area (Å²) in [6.45, 7) is 2.79. The van der Waals surface area contributed by atoms with Crippen LogP contribution in [0.5, 0.6) is 11.5 Å². The highest BCUT2D eigenvalue weighted by Crippen LogP contribution is 2.66. The molecule has 0 aromatic heterocycles. The van der Waals surface area contributed by atoms with Gasteiger partial charge in [-0.25, -0.2) is 0 Å². The van der Waals surface area contributed by atoms with Crippen LogP contribution < -0.4 is 9.47 Å². The minimum Gasteiger partial charge on any atom is -0.485 e. The fourth-order valence-corrected chi connectivity index (χ4v) is 8.19. The van der Waals surface area contributed by atoms with E-state index in [9.17, 15) is 5.11 Å². The Labute approximate surface area is 202 Å². The lowest BCUT2D eigenvalue weighted by Crippen LogP contribution is -2.81. The van der Waals surface area contributed by atoms with E-state index >= 15 is 0 Å². The van der Waals surface area contributed by atoms with Gasteiger partial charge in [0.25, 0.3) is 0 Å². The molecule has 2 heterocycles. The Morgan fingerprint density at radius 2 is 1.91 bits per heavy atom. The van der Waals surface area contributed by atoms with Crippen LogP contribution in [0.1, 0.15) is 48.8 Å². The number of hydrogen-bond donors (Lipinski definition) is 1. The zero-order valence-electron chi connectivity index (χ0n) is 20.3. The van der Waals surface area contributed by atoms with Crippen molar-refractivity contribution in [1.29, 1.82) is 0 Å². The Kier molecular flexibility index (Phi) is 4.51. The zero-order chi connectivity index (χ0) is 23.1. The van der Waals surface area contributed by atoms with Crippen LogP contribution in [0, 0.1) is 5.92 Å². The molecule has 180 valence electrons. The van der Waals surface area contributed by atoms with E-state index in [0.717, 1.165) is 59.7 Å². The second-order valence-electron chi connectivity index (χ2n) is 11.7. The first-order valence-electron chi connectivity index (χ1n) is 13.1. The molecule has 1 saturated heterocycles. The molecule has 3 aliphatic carbocycles. The first-order chi connectivity index (χ1) is 16.5. The summed E-state index contributed by atoms with van der Waals surface area (Å²) < 4.78 is 20.1. The molecule has 3 fully saturated rings. The highest BCUT2D eigenvalue weighted by molar-refractivity contribution is 5.62. The number of ether oxygens (including phenoxy) is 3. The molecule has 5 heteroatoms. The molecule has 1 unspecified atom stereocenters. The van der Waals surface area contributed by atoms with E-state index in [1.165, 1.54) is 30.5 Å². The van der Waals surface area contributed by atoms with Crippen LogP contribution in [0.15, 0.2) is 42.5 Å². The van der Waals surface area contributed by atoms with Gasteiger partial charge in [0.05, 0.1) is 31.7 Å². The SMILES string of the molecule is CO[C@H]1CC[C@@]2(O)[C@H]3Cc4ccc(OCc5ccccc5)c5c4[C@@]2(CC[N+]3(C)CC2CC2)[C@H]1O5. The Bertz CT molecular complexity index is 1120. The number of rotatable bonds is 6. The predicted octanol–water partition coefficient (Wildman–Crippen LogP) is 3.99. The maximum absolute atomic E-state index is 12.7. The van der Waals surface area contributed by atoms with Crippen LogP contribution >= 0.6 is 0 Å². The molecule has 2 aliphatic heterocycles. The molecular weight excluding hydrogens is 426 g/mol. The van der Waals surface area contributed by atoms with Gasteiger partial charge in [-0.1, -0.05) is 36.4 Å². The average molecular weight is 463 g/mol. The third-order valence-corrected chi connectivity index (χ3v) is 9.95. The van der Waals surface area contributed by atoms with Crippen LogP contribution in [-0.4, -0.2) is 60.7 Å². The van der Waals surface area contributed by atoms with Crippen molar-refractivity contribution in [3.63, 3.8) is 0 Å². The van der Waals surface area contributed by atoms with E-state index in [1.807, 2.05) is 18.2 Å². The lowest BCUT2D eigenvalue weighted by Gasteiger charge is -2.65. The molecule has 5 nitrogen and oxygen atoms in total. The Balaban J connectivity index is 1.34. The van der Waals surface area contributed by atoms with Crippen molar-refractivity contribution in [2.75, 3.05) is 27.2 Å². The lowest BCUT2D eigenvalue weighted by atomic mass is 9.48. The Morgan fingerprint density at radius 3 is 2.68 bits per heavy atom. The molecule has 2 saturated carbocycles. The van der Waals surface area contributed by atoms with Crippen LogP contribution in [0.4, 0.5) is 0 Å². The lowest BCUT2D eigenvalue weighted by molar-refractivity contribution is -0.950. The van der Waals surface area contributed by atoms with Crippen molar-refractivity contribution in [2.24, 2.45) is 5.92 Å². The summed E-state index contributed by atoms with van der Waals surface area (Å²) >= 11 is 0. The number of likely N-dealkylation sites (tertiary alicyclic amines) is 1.